The van der Waals surface area contributed by atoms with E-state index < -0.39 is 0 Å². The molecule has 2 unspecified atom stereocenters. The Morgan fingerprint density at radius 3 is 2.00 bits per heavy atom. The fourth-order valence-electron chi connectivity index (χ4n) is 0. The molecule has 4 heteroatoms. The first-order chi connectivity index (χ1) is 1.73. The molecule has 0 bridgehead atoms. The summed E-state index contributed by atoms with van der Waals surface area (Å²) in [6.07, 6.45) is 0. The molecular formula is H3IP3-. The fraction of sp³-hybridized carbons (Fsp3) is 0. The highest BCUT2D eigenvalue weighted by Crippen LogP contribution is 2.60. The van der Waals surface area contributed by atoms with Crippen LogP contribution in [0.25, 0.3) is 0 Å². The van der Waals surface area contributed by atoms with Gasteiger partial charge in [-0.05, 0) is 0 Å². The smallest absolute Gasteiger partial charge is 0.0847 e. The van der Waals surface area contributed by atoms with E-state index in [1.807, 2.05) is 0 Å². The van der Waals surface area contributed by atoms with E-state index in [2.05, 4.69) is 39.9 Å². The minimum absolute atomic E-state index is 0.0719. The largest absolute Gasteiger partial charge is 0.511 e. The minimum atomic E-state index is 0.0719. The van der Waals surface area contributed by atoms with Gasteiger partial charge in [0.25, 0.3) is 0 Å². The zero-order valence-electron chi connectivity index (χ0n) is 1.90. The zero-order chi connectivity index (χ0) is 3.58. The molecule has 26 valence electrons. The highest BCUT2D eigenvalue weighted by Gasteiger charge is 1.53. The van der Waals surface area contributed by atoms with Crippen LogP contribution in [0.2, 0.25) is 0 Å². The summed E-state index contributed by atoms with van der Waals surface area (Å²) in [5, 5.41) is 0. The molecule has 0 aromatic carbocycles. The highest BCUT2D eigenvalue weighted by atomic mass is 127. The molecule has 0 saturated carbocycles. The van der Waals surface area contributed by atoms with Crippen molar-refractivity contribution in [3.05, 3.63) is 0 Å². The van der Waals surface area contributed by atoms with Crippen LogP contribution in [0.1, 0.15) is 0 Å². The molecule has 0 N–H and O–H groups in total. The van der Waals surface area contributed by atoms with Gasteiger partial charge in [0.05, 0.1) is 0 Å². The van der Waals surface area contributed by atoms with Gasteiger partial charge in [-0.2, -0.15) is 4.94 Å². The normalized spacial score (nSPS) is 15.8. The van der Waals surface area contributed by atoms with Crippen LogP contribution in [-0.4, -0.2) is 0 Å². The molecule has 0 nitrogen and oxygen atoms in total. The van der Waals surface area contributed by atoms with Crippen LogP contribution in [0.3, 0.4) is 0 Å². The predicted octanol–water partition coefficient (Wildman–Crippen LogP) is 2.67. The maximum Gasteiger partial charge on any atom is -0.0847 e. The molecule has 0 amide bonds. The van der Waals surface area contributed by atoms with Crippen LogP contribution in [0.4, 0.5) is 0 Å². The van der Waals surface area contributed by atoms with Crippen molar-refractivity contribution in [1.82, 2.24) is 0 Å². The van der Waals surface area contributed by atoms with E-state index in [0.29, 0.717) is 0 Å². The van der Waals surface area contributed by atoms with E-state index in [9.17, 15) is 0 Å². The lowest BCUT2D eigenvalue weighted by atomic mass is 29.6. The lowest BCUT2D eigenvalue weighted by Gasteiger charge is -1.96. The predicted molar refractivity (Wildman–Crippen MR) is 39.0 cm³/mol. The highest BCUT2D eigenvalue weighted by molar-refractivity contribution is 14.2. The Morgan fingerprint density at radius 1 is 2.00 bits per heavy atom. The van der Waals surface area contributed by atoms with Crippen molar-refractivity contribution in [3.63, 3.8) is 0 Å². The molecule has 4 heavy (non-hydrogen) atoms. The van der Waals surface area contributed by atoms with Crippen molar-refractivity contribution < 1.29 is 0 Å². The van der Waals surface area contributed by atoms with Crippen molar-refractivity contribution in [2.45, 2.75) is 0 Å². The van der Waals surface area contributed by atoms with E-state index >= 15 is 0 Å². The van der Waals surface area contributed by atoms with Gasteiger partial charge in [-0.25, -0.2) is 0 Å². The van der Waals surface area contributed by atoms with Gasteiger partial charge in [0.1, 0.15) is 0 Å². The molecule has 0 saturated heterocycles. The van der Waals surface area contributed by atoms with Crippen molar-refractivity contribution in [3.8, 4) is 0 Å². The van der Waals surface area contributed by atoms with E-state index in [1.165, 1.54) is 0 Å². The maximum atomic E-state index is 3.33. The summed E-state index contributed by atoms with van der Waals surface area (Å²) in [6, 6.07) is 0. The molecular weight excluding hydrogens is 220 g/mol. The van der Waals surface area contributed by atoms with Crippen LogP contribution >= 0.6 is 44.8 Å². The summed E-state index contributed by atoms with van der Waals surface area (Å²) < 4.78 is 0. The topological polar surface area (TPSA) is 0 Å². The fourth-order valence-corrected chi connectivity index (χ4v) is 0. The van der Waals surface area contributed by atoms with Crippen molar-refractivity contribution in [2.75, 3.05) is 0 Å². The minimum Gasteiger partial charge on any atom is -0.511 e. The molecule has 0 aromatic rings. The van der Waals surface area contributed by atoms with Crippen molar-refractivity contribution in [1.29, 1.82) is 0 Å². The Bertz CT molecular complexity index is 8.00. The maximum absolute atomic E-state index is 3.33. The van der Waals surface area contributed by atoms with Gasteiger partial charge in [0.15, 0.2) is 0 Å². The molecule has 0 fully saturated rings. The molecule has 0 aliphatic heterocycles. The van der Waals surface area contributed by atoms with Gasteiger partial charge in [0, 0.05) is 0 Å². The average Bonchev–Trinajstić information content (AvgIpc) is 0.811. The summed E-state index contributed by atoms with van der Waals surface area (Å²) in [6.45, 7) is 0. The SMILES string of the molecule is [PH-]P(P)I. The van der Waals surface area contributed by atoms with Crippen LogP contribution in [-0.2, 0) is 0 Å². The van der Waals surface area contributed by atoms with Crippen molar-refractivity contribution >= 4 is 44.8 Å². The lowest BCUT2D eigenvalue weighted by Crippen LogP contribution is -0.866. The van der Waals surface area contributed by atoms with Gasteiger partial charge >= 0.3 is 0 Å². The Balaban J connectivity index is 2.32. The van der Waals surface area contributed by atoms with Crippen LogP contribution in [0, 0.1) is 0 Å². The number of halogens is 1. The molecule has 0 spiro atoms. The van der Waals surface area contributed by atoms with Gasteiger partial charge in [-0.1, -0.05) is 22.0 Å². The van der Waals surface area contributed by atoms with E-state index in [1.54, 1.807) is 0 Å². The summed E-state index contributed by atoms with van der Waals surface area (Å²) in [5.41, 5.74) is 0. The first-order valence-corrected chi connectivity index (χ1v) is 7.74. The Kier molecular flexibility index (Phi) is 4.84. The molecule has 0 aliphatic carbocycles. The monoisotopic (exact) mass is 223 g/mol. The molecule has 0 aromatic heterocycles. The van der Waals surface area contributed by atoms with Gasteiger partial charge in [0.2, 0.25) is 0 Å². The second-order valence-corrected chi connectivity index (χ2v) is 14.5. The molecule has 2 atom stereocenters. The molecule has 0 heterocycles. The number of hydrogen-bond donors (Lipinski definition) is 0. The molecule has 0 radical (unpaired) electrons. The second-order valence-electron chi connectivity index (χ2n) is 0.311. The number of hydrogen-bond acceptors (Lipinski definition) is 0. The molecule has 0 aliphatic rings. The van der Waals surface area contributed by atoms with Gasteiger partial charge in [-0.15, -0.1) is 8.93 Å². The third-order valence-corrected chi connectivity index (χ3v) is 0. The first-order valence-electron chi connectivity index (χ1n) is 0.651. The summed E-state index contributed by atoms with van der Waals surface area (Å²) >= 11 is 2.28. The first kappa shape index (κ1) is 6.02. The lowest BCUT2D eigenvalue weighted by molar-refractivity contribution is 5.45. The quantitative estimate of drug-likeness (QED) is 0.437. The standard InChI is InChI=1S/H3IP3/c1-4(2)3/h2H,3H2/q-1. The van der Waals surface area contributed by atoms with Gasteiger partial charge < -0.3 is 8.93 Å². The average molecular weight is 223 g/mol. The Morgan fingerprint density at radius 2 is 2.00 bits per heavy atom. The number of rotatable bonds is 0. The summed E-state index contributed by atoms with van der Waals surface area (Å²) in [5.74, 6) is 0. The Labute approximate surface area is 44.9 Å². The van der Waals surface area contributed by atoms with E-state index in [-0.39, 0.29) is 4.94 Å². The van der Waals surface area contributed by atoms with Crippen molar-refractivity contribution in [2.24, 2.45) is 0 Å². The second kappa shape index (κ2) is 3.22. The summed E-state index contributed by atoms with van der Waals surface area (Å²) in [7, 11) is 5.95. The van der Waals surface area contributed by atoms with Crippen LogP contribution in [0.5, 0.6) is 0 Å². The zero-order valence-corrected chi connectivity index (χ0v) is 7.11. The van der Waals surface area contributed by atoms with E-state index in [4.69, 9.17) is 0 Å². The summed E-state index contributed by atoms with van der Waals surface area (Å²) in [4.78, 5) is 0.0719. The third-order valence-electron chi connectivity index (χ3n) is 0. The van der Waals surface area contributed by atoms with Crippen LogP contribution in [0.15, 0.2) is 0 Å². The van der Waals surface area contributed by atoms with Gasteiger partial charge in [-0.3, -0.25) is 0 Å². The van der Waals surface area contributed by atoms with Crippen LogP contribution < -0.4 is 0 Å². The Hall–Kier alpha value is 2.02. The van der Waals surface area contributed by atoms with E-state index in [0.717, 1.165) is 0 Å². The third kappa shape index (κ3) is 8.99. The molecule has 0 rings (SSSR count).